The fourth-order valence-corrected chi connectivity index (χ4v) is 2.37. The molecular formula is C14H8F4. The minimum Gasteiger partial charge on any atom is -0.207 e. The molecule has 0 unspecified atom stereocenters. The molecule has 4 heteroatoms. The van der Waals surface area contributed by atoms with Gasteiger partial charge in [0.15, 0.2) is 11.6 Å². The Morgan fingerprint density at radius 3 is 1.83 bits per heavy atom. The van der Waals surface area contributed by atoms with Gasteiger partial charge >= 0.3 is 0 Å². The van der Waals surface area contributed by atoms with Gasteiger partial charge in [-0.15, -0.1) is 0 Å². The van der Waals surface area contributed by atoms with Crippen molar-refractivity contribution in [2.24, 2.45) is 0 Å². The average molecular weight is 252 g/mol. The van der Waals surface area contributed by atoms with Crippen LogP contribution in [0.3, 0.4) is 0 Å². The molecule has 0 fully saturated rings. The lowest BCUT2D eigenvalue weighted by Gasteiger charge is -2.21. The van der Waals surface area contributed by atoms with E-state index in [2.05, 4.69) is 0 Å². The average Bonchev–Trinajstić information content (AvgIpc) is 2.37. The van der Waals surface area contributed by atoms with E-state index in [1.54, 1.807) is 0 Å². The zero-order chi connectivity index (χ0) is 12.9. The monoisotopic (exact) mass is 252 g/mol. The summed E-state index contributed by atoms with van der Waals surface area (Å²) in [5, 5.41) is 0. The standard InChI is InChI=1S/C14H8F4/c15-11-3-4-12(16)10-6-8-7(5-9(10)11)1-2-13(17)14(8)18/h1-4H,5-6H2. The Labute approximate surface area is 101 Å². The van der Waals surface area contributed by atoms with Crippen LogP contribution in [0.1, 0.15) is 22.3 Å². The first-order valence-corrected chi connectivity index (χ1v) is 5.49. The molecule has 0 aliphatic heterocycles. The first-order chi connectivity index (χ1) is 8.58. The zero-order valence-electron chi connectivity index (χ0n) is 9.24. The van der Waals surface area contributed by atoms with Gasteiger partial charge < -0.3 is 0 Å². The Morgan fingerprint density at radius 1 is 0.611 bits per heavy atom. The second-order valence-electron chi connectivity index (χ2n) is 4.34. The minimum absolute atomic E-state index is 0.0887. The fraction of sp³-hybridized carbons (Fsp3) is 0.143. The summed E-state index contributed by atoms with van der Waals surface area (Å²) < 4.78 is 53.9. The van der Waals surface area contributed by atoms with E-state index >= 15 is 0 Å². The van der Waals surface area contributed by atoms with Crippen LogP contribution in [0.2, 0.25) is 0 Å². The van der Waals surface area contributed by atoms with Crippen LogP contribution in [0.5, 0.6) is 0 Å². The molecule has 3 rings (SSSR count). The molecular weight excluding hydrogens is 244 g/mol. The van der Waals surface area contributed by atoms with Crippen LogP contribution < -0.4 is 0 Å². The lowest BCUT2D eigenvalue weighted by molar-refractivity contribution is 0.495. The van der Waals surface area contributed by atoms with Gasteiger partial charge in [0, 0.05) is 12.8 Å². The molecule has 0 atom stereocenters. The summed E-state index contributed by atoms with van der Waals surface area (Å²) in [6.45, 7) is 0. The van der Waals surface area contributed by atoms with Gasteiger partial charge in [-0.25, -0.2) is 17.6 Å². The maximum Gasteiger partial charge on any atom is 0.162 e. The molecule has 0 nitrogen and oxygen atoms in total. The topological polar surface area (TPSA) is 0 Å². The van der Waals surface area contributed by atoms with Crippen LogP contribution in [0, 0.1) is 23.3 Å². The van der Waals surface area contributed by atoms with Crippen molar-refractivity contribution in [3.05, 3.63) is 69.8 Å². The van der Waals surface area contributed by atoms with Crippen LogP contribution >= 0.6 is 0 Å². The Hall–Kier alpha value is -1.84. The predicted molar refractivity (Wildman–Crippen MR) is 58.3 cm³/mol. The minimum atomic E-state index is -0.971. The van der Waals surface area contributed by atoms with E-state index in [0.717, 1.165) is 18.2 Å². The number of rotatable bonds is 0. The number of hydrogen-bond acceptors (Lipinski definition) is 0. The molecule has 1 aliphatic rings. The van der Waals surface area contributed by atoms with E-state index in [0.29, 0.717) is 5.56 Å². The van der Waals surface area contributed by atoms with Crippen molar-refractivity contribution in [3.63, 3.8) is 0 Å². The molecule has 0 N–H and O–H groups in total. The van der Waals surface area contributed by atoms with Gasteiger partial charge in [-0.2, -0.15) is 0 Å². The summed E-state index contributed by atoms with van der Waals surface area (Å²) in [5.74, 6) is -3.03. The van der Waals surface area contributed by atoms with E-state index < -0.39 is 23.3 Å². The second kappa shape index (κ2) is 3.83. The first kappa shape index (κ1) is 11.3. The van der Waals surface area contributed by atoms with Crippen molar-refractivity contribution < 1.29 is 17.6 Å². The molecule has 0 radical (unpaired) electrons. The van der Waals surface area contributed by atoms with Crippen LogP contribution in [-0.4, -0.2) is 0 Å². The number of benzene rings is 2. The van der Waals surface area contributed by atoms with Crippen molar-refractivity contribution in [1.82, 2.24) is 0 Å². The quantitative estimate of drug-likeness (QED) is 0.535. The van der Waals surface area contributed by atoms with Crippen LogP contribution in [-0.2, 0) is 12.8 Å². The van der Waals surface area contributed by atoms with Gasteiger partial charge in [0.2, 0.25) is 0 Å². The summed E-state index contributed by atoms with van der Waals surface area (Å²) in [7, 11) is 0. The van der Waals surface area contributed by atoms with Gasteiger partial charge in [0.25, 0.3) is 0 Å². The third kappa shape index (κ3) is 1.52. The van der Waals surface area contributed by atoms with E-state index in [1.807, 2.05) is 0 Å². The van der Waals surface area contributed by atoms with E-state index in [4.69, 9.17) is 0 Å². The SMILES string of the molecule is Fc1ccc2c(c1F)Cc1c(F)ccc(F)c1C2. The van der Waals surface area contributed by atoms with Crippen molar-refractivity contribution in [2.45, 2.75) is 12.8 Å². The highest BCUT2D eigenvalue weighted by atomic mass is 19.2. The van der Waals surface area contributed by atoms with Gasteiger partial charge in [-0.05, 0) is 40.5 Å². The molecule has 18 heavy (non-hydrogen) atoms. The Balaban J connectivity index is 2.21. The summed E-state index contributed by atoms with van der Waals surface area (Å²) in [6.07, 6.45) is -0.0245. The second-order valence-corrected chi connectivity index (χ2v) is 4.34. The smallest absolute Gasteiger partial charge is 0.162 e. The lowest BCUT2D eigenvalue weighted by Crippen LogP contribution is -2.14. The molecule has 2 aromatic rings. The summed E-state index contributed by atoms with van der Waals surface area (Å²) in [5.41, 5.74) is 0.971. The van der Waals surface area contributed by atoms with Gasteiger partial charge in [0.1, 0.15) is 11.6 Å². The number of hydrogen-bond donors (Lipinski definition) is 0. The maximum absolute atomic E-state index is 13.6. The van der Waals surface area contributed by atoms with Crippen molar-refractivity contribution in [2.75, 3.05) is 0 Å². The molecule has 0 saturated heterocycles. The molecule has 0 amide bonds. The maximum atomic E-state index is 13.6. The lowest BCUT2D eigenvalue weighted by atomic mass is 9.85. The molecule has 0 spiro atoms. The van der Waals surface area contributed by atoms with Gasteiger partial charge in [-0.1, -0.05) is 6.07 Å². The largest absolute Gasteiger partial charge is 0.207 e. The normalized spacial score (nSPS) is 13.1. The summed E-state index contributed by atoms with van der Waals surface area (Å²) in [6, 6.07) is 4.49. The molecule has 0 aromatic heterocycles. The van der Waals surface area contributed by atoms with Crippen LogP contribution in [0.4, 0.5) is 17.6 Å². The van der Waals surface area contributed by atoms with Crippen LogP contribution in [0.15, 0.2) is 24.3 Å². The van der Waals surface area contributed by atoms with Crippen molar-refractivity contribution >= 4 is 0 Å². The molecule has 92 valence electrons. The third-order valence-corrected chi connectivity index (χ3v) is 3.33. The zero-order valence-corrected chi connectivity index (χ0v) is 9.24. The van der Waals surface area contributed by atoms with Gasteiger partial charge in [-0.3, -0.25) is 0 Å². The highest BCUT2D eigenvalue weighted by Gasteiger charge is 2.25. The fourth-order valence-electron chi connectivity index (χ4n) is 2.37. The molecule has 0 heterocycles. The van der Waals surface area contributed by atoms with Gasteiger partial charge in [0.05, 0.1) is 0 Å². The molecule has 0 bridgehead atoms. The van der Waals surface area contributed by atoms with E-state index in [-0.39, 0.29) is 29.5 Å². The van der Waals surface area contributed by atoms with Crippen molar-refractivity contribution in [3.8, 4) is 0 Å². The van der Waals surface area contributed by atoms with E-state index in [1.165, 1.54) is 6.07 Å². The van der Waals surface area contributed by atoms with Crippen molar-refractivity contribution in [1.29, 1.82) is 0 Å². The molecule has 2 aromatic carbocycles. The molecule has 0 saturated carbocycles. The Bertz CT molecular complexity index is 647. The Morgan fingerprint density at radius 2 is 1.17 bits per heavy atom. The summed E-state index contributed by atoms with van der Waals surface area (Å²) in [4.78, 5) is 0. The number of halogens is 4. The molecule has 1 aliphatic carbocycles. The number of fused-ring (bicyclic) bond motifs is 2. The van der Waals surface area contributed by atoms with Crippen LogP contribution in [0.25, 0.3) is 0 Å². The predicted octanol–water partition coefficient (Wildman–Crippen LogP) is 3.74. The third-order valence-electron chi connectivity index (χ3n) is 3.33. The first-order valence-electron chi connectivity index (χ1n) is 5.49. The van der Waals surface area contributed by atoms with E-state index in [9.17, 15) is 17.6 Å². The summed E-state index contributed by atoms with van der Waals surface area (Å²) >= 11 is 0. The highest BCUT2D eigenvalue weighted by Crippen LogP contribution is 2.32. The highest BCUT2D eigenvalue weighted by molar-refractivity contribution is 5.46. The Kier molecular flexibility index (Phi) is 2.40.